The molecule has 0 radical (unpaired) electrons. The van der Waals surface area contributed by atoms with Crippen molar-refractivity contribution < 1.29 is 45.8 Å². The van der Waals surface area contributed by atoms with Gasteiger partial charge in [-0.25, -0.2) is 99.3 Å². The van der Waals surface area contributed by atoms with Crippen LogP contribution in [0.1, 0.15) is 206 Å². The van der Waals surface area contributed by atoms with Crippen molar-refractivity contribution in [1.82, 2.24) is 88.2 Å². The van der Waals surface area contributed by atoms with Crippen molar-refractivity contribution in [2.75, 3.05) is 59.7 Å². The van der Waals surface area contributed by atoms with E-state index in [-0.39, 0.29) is 163 Å². The third kappa shape index (κ3) is 16.5. The standard InChI is InChI=1S/C33H34F2N8O2.C33H33F2N7O3.C33H33F2N7O2/c1-5-25(44)41-14-17(3)42(15-16(41)2)31-21-13-23(35)29(26-22(34)7-6-8-24(26)36)39-32(21)43(33(45)40-31)30-27(19-9-10-19)37-18(4)38-28(30)20-11-12-20;1-5-25(44)40-14-17(3)41(15-16(40)2)31-21-13-23(35)29(26-22(34)7-6-8-24(26)43)38-32(21)42(33(45)39-31)30-27(19-9-10-19)36-18(4)37-28(30)20-11-12-20;1-5-26(43)41-17(2)15-40(16-18(41)3)31-23-14-25(35)29(22-8-6-7-9-24(22)34)38-32(23)42(33(44)39-31)30-27(20-10-11-20)36-19(4)37-28(30)21-12-13-21/h5-8,13,16-17,19-20H,1,9-12,14-15,36H2,2-4H3;5-8,13,16-17,19-20,43H,1,9-12,14-15H2,2-4H3;5-9,14,17-18,20-21H,1,10-13,15-16H2,2-4H3/t2*16-,17+;17-,18+/m11./s1. The van der Waals surface area contributed by atoms with Gasteiger partial charge in [-0.1, -0.05) is 44.0 Å². The lowest BCUT2D eigenvalue weighted by molar-refractivity contribution is -0.131. The Labute approximate surface area is 766 Å². The van der Waals surface area contributed by atoms with Crippen molar-refractivity contribution in [1.29, 1.82) is 0 Å². The third-order valence-electron chi connectivity index (χ3n) is 26.7. The summed E-state index contributed by atoms with van der Waals surface area (Å²) in [4.78, 5) is 148. The van der Waals surface area contributed by atoms with Gasteiger partial charge in [-0.15, -0.1) is 0 Å². The van der Waals surface area contributed by atoms with Gasteiger partial charge in [0.2, 0.25) is 17.7 Å². The van der Waals surface area contributed by atoms with Crippen LogP contribution in [0.5, 0.6) is 5.75 Å². The van der Waals surface area contributed by atoms with Crippen molar-refractivity contribution in [2.45, 2.75) is 211 Å². The predicted octanol–water partition coefficient (Wildman–Crippen LogP) is 14.9. The van der Waals surface area contributed by atoms with E-state index < -0.39 is 69.0 Å². The van der Waals surface area contributed by atoms with E-state index in [9.17, 15) is 38.3 Å². The van der Waals surface area contributed by atoms with Crippen molar-refractivity contribution in [3.8, 4) is 56.6 Å². The number of hydrogen-bond acceptors (Lipinski definition) is 23. The highest BCUT2D eigenvalue weighted by atomic mass is 19.1. The molecule has 12 heterocycles. The molecule has 9 aromatic heterocycles. The summed E-state index contributed by atoms with van der Waals surface area (Å²) in [6.45, 7) is 29.9. The second kappa shape index (κ2) is 34.9. The van der Waals surface area contributed by atoms with Gasteiger partial charge in [0.05, 0.1) is 78.5 Å². The number of carbonyl (C=O) groups is 3. The third-order valence-corrected chi connectivity index (χ3v) is 26.7. The van der Waals surface area contributed by atoms with Crippen LogP contribution in [0.15, 0.2) is 131 Å². The van der Waals surface area contributed by atoms with Crippen molar-refractivity contribution in [3.63, 3.8) is 0 Å². The number of rotatable bonds is 18. The number of pyridine rings is 3. The highest BCUT2D eigenvalue weighted by Crippen LogP contribution is 2.53. The molecule has 6 atom stereocenters. The molecule has 3 aliphatic heterocycles. The maximum atomic E-state index is 16.1. The average Bonchev–Trinajstić information content (AvgIpc) is 1.15. The lowest BCUT2D eigenvalue weighted by Gasteiger charge is -2.44. The summed E-state index contributed by atoms with van der Waals surface area (Å²) in [7, 11) is 0. The minimum atomic E-state index is -0.887. The molecule has 690 valence electrons. The Bertz CT molecular complexity index is 6700. The van der Waals surface area contributed by atoms with E-state index in [0.717, 1.165) is 117 Å². The molecule has 9 fully saturated rings. The van der Waals surface area contributed by atoms with Gasteiger partial charge in [0.15, 0.2) is 28.6 Å². The maximum absolute atomic E-state index is 16.1. The number of nitrogen functional groups attached to an aromatic ring is 1. The lowest BCUT2D eigenvalue weighted by atomic mass is 10.0. The zero-order chi connectivity index (χ0) is 94.3. The van der Waals surface area contributed by atoms with E-state index in [4.69, 9.17) is 45.6 Å². The zero-order valence-corrected chi connectivity index (χ0v) is 75.6. The fourth-order valence-corrected chi connectivity index (χ4v) is 19.4. The number of aryl methyl sites for hydroxylation is 3. The smallest absolute Gasteiger partial charge is 0.355 e. The SMILES string of the molecule is C=CC(=O)N1C[C@H](C)N(c2nc(=O)n(-c3c(C4CC4)nc(C)nc3C3CC3)c3nc(-c4c(N)cccc4F)c(F)cc23)C[C@H]1C.C=CC(=O)N1C[C@H](C)N(c2nc(=O)n(-c3c(C4CC4)nc(C)nc3C3CC3)c3nc(-c4c(O)cccc4F)c(F)cc23)C[C@H]1C.C=CC(=O)N1[C@H](C)CN(c2nc(=O)n(-c3c(C4CC4)nc(C)nc3C3CC3)c3nc(-c4ccccc4F)c(F)cc23)C[C@@H]1C. The molecule has 3 amide bonds. The van der Waals surface area contributed by atoms with E-state index in [2.05, 4.69) is 39.7 Å². The molecule has 0 bridgehead atoms. The molecule has 134 heavy (non-hydrogen) atoms. The molecule has 29 nitrogen and oxygen atoms in total. The van der Waals surface area contributed by atoms with Gasteiger partial charge < -0.3 is 40.2 Å². The zero-order valence-electron chi connectivity index (χ0n) is 75.6. The van der Waals surface area contributed by atoms with E-state index in [1.165, 1.54) is 98.7 Å². The minimum absolute atomic E-state index is 0.00644. The average molecular weight is 1820 g/mol. The number of aromatic nitrogens is 15. The monoisotopic (exact) mass is 1820 g/mol. The summed E-state index contributed by atoms with van der Waals surface area (Å²) in [5.41, 5.74) is 9.21. The Balaban J connectivity index is 0.000000129. The Morgan fingerprint density at radius 2 is 0.701 bits per heavy atom. The van der Waals surface area contributed by atoms with E-state index in [1.807, 2.05) is 77.0 Å². The van der Waals surface area contributed by atoms with Gasteiger partial charge in [-0.3, -0.25) is 14.4 Å². The summed E-state index contributed by atoms with van der Waals surface area (Å²) in [6.07, 6.45) is 14.9. The van der Waals surface area contributed by atoms with E-state index in [0.29, 0.717) is 79.2 Å². The Kier molecular flexibility index (Phi) is 23.2. The van der Waals surface area contributed by atoms with Gasteiger partial charge >= 0.3 is 17.1 Å². The van der Waals surface area contributed by atoms with E-state index >= 15 is 22.0 Å². The van der Waals surface area contributed by atoms with Gasteiger partial charge in [-0.05, 0) is 212 Å². The quantitative estimate of drug-likeness (QED) is 0.0458. The molecule has 0 spiro atoms. The van der Waals surface area contributed by atoms with Crippen LogP contribution in [0.4, 0.5) is 49.5 Å². The van der Waals surface area contributed by atoms with Crippen LogP contribution < -0.4 is 37.5 Å². The highest BCUT2D eigenvalue weighted by molar-refractivity contribution is 5.96. The van der Waals surface area contributed by atoms with Crippen LogP contribution in [-0.2, 0) is 14.4 Å². The Morgan fingerprint density at radius 1 is 0.373 bits per heavy atom. The molecule has 6 aliphatic carbocycles. The van der Waals surface area contributed by atoms with Crippen LogP contribution in [0, 0.1) is 55.7 Å². The Hall–Kier alpha value is -14.0. The summed E-state index contributed by atoms with van der Waals surface area (Å²) in [6, 6.07) is 15.9. The van der Waals surface area contributed by atoms with Gasteiger partial charge in [0.25, 0.3) is 0 Å². The largest absolute Gasteiger partial charge is 0.507 e. The summed E-state index contributed by atoms with van der Waals surface area (Å²) in [5, 5.41) is 11.4. The van der Waals surface area contributed by atoms with Crippen molar-refractivity contribution in [2.24, 2.45) is 0 Å². The van der Waals surface area contributed by atoms with Crippen molar-refractivity contribution >= 4 is 74.0 Å². The second-order valence-electron chi connectivity index (χ2n) is 37.0. The molecular weight excluding hydrogens is 1720 g/mol. The maximum Gasteiger partial charge on any atom is 0.355 e. The highest BCUT2D eigenvalue weighted by Gasteiger charge is 2.45. The molecule has 35 heteroatoms. The van der Waals surface area contributed by atoms with Crippen LogP contribution in [0.3, 0.4) is 0 Å². The van der Waals surface area contributed by atoms with Gasteiger partial charge in [0, 0.05) is 122 Å². The number of hydrogen-bond donors (Lipinski definition) is 2. The molecule has 21 rings (SSSR count). The predicted molar refractivity (Wildman–Crippen MR) is 495 cm³/mol. The molecule has 3 aromatic carbocycles. The number of fused-ring (bicyclic) bond motifs is 3. The molecule has 9 aliphatic rings. The van der Waals surface area contributed by atoms with Crippen molar-refractivity contribution in [3.05, 3.63) is 235 Å². The molecule has 12 aromatic rings. The molecule has 3 N–H and O–H groups in total. The van der Waals surface area contributed by atoms with Crippen LogP contribution in [-0.4, -0.2) is 187 Å². The number of piperazine rings is 3. The number of phenolic OH excluding ortho intramolecular Hbond substituents is 1. The van der Waals surface area contributed by atoms with Crippen LogP contribution in [0.2, 0.25) is 0 Å². The number of aromatic hydroxyl groups is 1. The summed E-state index contributed by atoms with van der Waals surface area (Å²) in [5.74, 6) is -2.19. The van der Waals surface area contributed by atoms with Gasteiger partial charge in [0.1, 0.15) is 81.0 Å². The number of anilines is 4. The number of nitrogens with two attached hydrogens (primary N) is 1. The first kappa shape index (κ1) is 89.2. The van der Waals surface area contributed by atoms with Crippen LogP contribution >= 0.6 is 0 Å². The number of nitrogens with zero attached hydrogens (tertiary/aromatic N) is 21. The fourth-order valence-electron chi connectivity index (χ4n) is 19.4. The summed E-state index contributed by atoms with van der Waals surface area (Å²) < 4.78 is 97.6. The topological polar surface area (TPSA) is 338 Å². The van der Waals surface area contributed by atoms with E-state index in [1.54, 1.807) is 20.8 Å². The molecule has 6 saturated carbocycles. The number of amides is 3. The first-order valence-electron chi connectivity index (χ1n) is 45.7. The second-order valence-corrected chi connectivity index (χ2v) is 37.0. The number of halogens is 6. The molecule has 3 saturated heterocycles. The molecular formula is C99H100F6N22O7. The number of phenols is 1. The van der Waals surface area contributed by atoms with Gasteiger partial charge in [-0.2, -0.15) is 15.0 Å². The summed E-state index contributed by atoms with van der Waals surface area (Å²) >= 11 is 0. The number of benzene rings is 3. The fraction of sp³-hybridized carbons (Fsp3) is 0.394. The first-order valence-corrected chi connectivity index (χ1v) is 45.7. The normalized spacial score (nSPS) is 20.2. The minimum Gasteiger partial charge on any atom is -0.507 e. The van der Waals surface area contributed by atoms with Crippen LogP contribution in [0.25, 0.3) is 83.9 Å². The lowest BCUT2D eigenvalue weighted by Crippen LogP contribution is -2.58. The molecule has 0 unspecified atom stereocenters. The Morgan fingerprint density at radius 3 is 1.06 bits per heavy atom. The first-order chi connectivity index (χ1) is 64.3. The number of carbonyl (C=O) groups excluding carboxylic acids is 3.